The lowest BCUT2D eigenvalue weighted by atomic mass is 9.84. The average Bonchev–Trinajstić information content (AvgIpc) is 3.80. The van der Waals surface area contributed by atoms with Gasteiger partial charge in [0.25, 0.3) is 0 Å². The van der Waals surface area contributed by atoms with Gasteiger partial charge in [0.15, 0.2) is 5.78 Å². The van der Waals surface area contributed by atoms with Gasteiger partial charge < -0.3 is 4.57 Å². The van der Waals surface area contributed by atoms with Crippen molar-refractivity contribution in [3.8, 4) is 16.8 Å². The molecule has 8 rings (SSSR count). The zero-order valence-electron chi connectivity index (χ0n) is 27.8. The van der Waals surface area contributed by atoms with Gasteiger partial charge in [-0.2, -0.15) is 0 Å². The van der Waals surface area contributed by atoms with Gasteiger partial charge in [-0.1, -0.05) is 141 Å². The summed E-state index contributed by atoms with van der Waals surface area (Å²) in [6, 6.07) is 54.6. The number of carbonyl (C=O) groups excluding carboxylic acids is 1. The Bertz CT molecular complexity index is 2340. The van der Waals surface area contributed by atoms with E-state index in [2.05, 4.69) is 145 Å². The van der Waals surface area contributed by atoms with Crippen molar-refractivity contribution in [1.82, 2.24) is 4.57 Å². The molecule has 238 valence electrons. The Kier molecular flexibility index (Phi) is 7.93. The second-order valence-corrected chi connectivity index (χ2v) is 13.3. The van der Waals surface area contributed by atoms with Crippen LogP contribution in [0, 0.1) is 0 Å². The van der Waals surface area contributed by atoms with Crippen LogP contribution in [0.5, 0.6) is 0 Å². The molecule has 7 aromatic rings. The zero-order chi connectivity index (χ0) is 33.4. The van der Waals surface area contributed by atoms with Crippen molar-refractivity contribution in [2.45, 2.75) is 37.5 Å². The number of aromatic nitrogens is 1. The molecule has 2 heteroatoms. The van der Waals surface area contributed by atoms with Crippen LogP contribution in [0.1, 0.15) is 52.7 Å². The third-order valence-corrected chi connectivity index (χ3v) is 10.5. The molecule has 6 aromatic carbocycles. The number of hydrogen-bond acceptors (Lipinski definition) is 1. The molecule has 0 N–H and O–H groups in total. The monoisotopic (exact) mass is 633 g/mol. The summed E-state index contributed by atoms with van der Waals surface area (Å²) in [7, 11) is 0. The number of benzene rings is 6. The Balaban J connectivity index is 1.18. The maximum absolute atomic E-state index is 13.2. The van der Waals surface area contributed by atoms with E-state index in [-0.39, 0.29) is 11.2 Å². The van der Waals surface area contributed by atoms with Gasteiger partial charge in [0.1, 0.15) is 0 Å². The molecule has 2 unspecified atom stereocenters. The molecular formula is C47H39NO. The maximum atomic E-state index is 13.2. The highest BCUT2D eigenvalue weighted by Gasteiger charge is 2.55. The number of para-hydroxylation sites is 1. The third-order valence-electron chi connectivity index (χ3n) is 10.5. The number of ketones is 1. The molecule has 0 spiro atoms. The molecule has 1 fully saturated rings. The highest BCUT2D eigenvalue weighted by molar-refractivity contribution is 6.10. The first-order chi connectivity index (χ1) is 24.1. The highest BCUT2D eigenvalue weighted by Crippen LogP contribution is 2.62. The Morgan fingerprint density at radius 1 is 0.735 bits per heavy atom. The number of hydrogen-bond donors (Lipinski definition) is 0. The van der Waals surface area contributed by atoms with Crippen LogP contribution in [0.4, 0.5) is 0 Å². The molecule has 1 heterocycles. The van der Waals surface area contributed by atoms with Gasteiger partial charge in [0, 0.05) is 27.4 Å². The molecule has 1 aliphatic carbocycles. The number of fused-ring (bicyclic) bond motifs is 3. The van der Waals surface area contributed by atoms with Gasteiger partial charge in [-0.05, 0) is 95.0 Å². The summed E-state index contributed by atoms with van der Waals surface area (Å²) in [5.74, 6) is 0.546. The van der Waals surface area contributed by atoms with E-state index in [9.17, 15) is 4.79 Å². The van der Waals surface area contributed by atoms with Gasteiger partial charge in [0.2, 0.25) is 0 Å². The molecule has 1 saturated carbocycles. The van der Waals surface area contributed by atoms with E-state index in [0.717, 1.165) is 35.2 Å². The van der Waals surface area contributed by atoms with Crippen LogP contribution in [0.25, 0.3) is 38.6 Å². The van der Waals surface area contributed by atoms with Crippen LogP contribution < -0.4 is 0 Å². The molecule has 0 radical (unpaired) electrons. The Morgan fingerprint density at radius 2 is 1.45 bits per heavy atom. The summed E-state index contributed by atoms with van der Waals surface area (Å²) >= 11 is 0. The number of nitrogens with zero attached hydrogens (tertiary/aromatic N) is 1. The molecule has 0 saturated heterocycles. The molecular weight excluding hydrogens is 595 g/mol. The lowest BCUT2D eigenvalue weighted by molar-refractivity contribution is 0.103. The minimum absolute atomic E-state index is 0.0531. The largest absolute Gasteiger partial charge is 0.309 e. The first kappa shape index (κ1) is 30.6. The third kappa shape index (κ3) is 5.54. The second kappa shape index (κ2) is 12.7. The fourth-order valence-electron chi connectivity index (χ4n) is 7.89. The quantitative estimate of drug-likeness (QED) is 0.0834. The van der Waals surface area contributed by atoms with Gasteiger partial charge >= 0.3 is 0 Å². The summed E-state index contributed by atoms with van der Waals surface area (Å²) in [6.45, 7) is 5.77. The lowest BCUT2D eigenvalue weighted by Gasteiger charge is -2.20. The van der Waals surface area contributed by atoms with Crippen LogP contribution in [0.2, 0.25) is 0 Å². The molecule has 49 heavy (non-hydrogen) atoms. The first-order valence-electron chi connectivity index (χ1n) is 17.3. The molecule has 0 aliphatic heterocycles. The van der Waals surface area contributed by atoms with E-state index in [1.54, 1.807) is 6.08 Å². The Labute approximate surface area is 288 Å². The lowest BCUT2D eigenvalue weighted by Crippen LogP contribution is -2.14. The van der Waals surface area contributed by atoms with Crippen LogP contribution in [0.15, 0.2) is 176 Å². The summed E-state index contributed by atoms with van der Waals surface area (Å²) in [5, 5.41) is 2.55. The van der Waals surface area contributed by atoms with Crippen LogP contribution in [-0.4, -0.2) is 10.4 Å². The smallest absolute Gasteiger partial charge is 0.189 e. The van der Waals surface area contributed by atoms with Crippen LogP contribution >= 0.6 is 0 Å². The Hall–Kier alpha value is -5.73. The van der Waals surface area contributed by atoms with E-state index in [0.29, 0.717) is 17.9 Å². The maximum Gasteiger partial charge on any atom is 0.189 e. The number of carbonyl (C=O) groups is 1. The van der Waals surface area contributed by atoms with Crippen molar-refractivity contribution in [2.75, 3.05) is 0 Å². The minimum Gasteiger partial charge on any atom is -0.309 e. The highest BCUT2D eigenvalue weighted by atomic mass is 16.1. The predicted octanol–water partition coefficient (Wildman–Crippen LogP) is 11.8. The molecule has 0 bridgehead atoms. The fraction of sp³-hybridized carbons (Fsp3) is 0.128. The Morgan fingerprint density at radius 3 is 2.20 bits per heavy atom. The average molecular weight is 634 g/mol. The van der Waals surface area contributed by atoms with E-state index >= 15 is 0 Å². The van der Waals surface area contributed by atoms with Crippen molar-refractivity contribution in [3.63, 3.8) is 0 Å². The number of rotatable bonds is 10. The molecule has 2 atom stereocenters. The van der Waals surface area contributed by atoms with Gasteiger partial charge in [-0.25, -0.2) is 0 Å². The molecule has 1 aliphatic rings. The van der Waals surface area contributed by atoms with Gasteiger partial charge in [0.05, 0.1) is 11.0 Å². The number of Topliss-reactive ketones (excluding diaryl/α,β-unsaturated/α-hetero) is 1. The van der Waals surface area contributed by atoms with Gasteiger partial charge in [-0.15, -0.1) is 0 Å². The van der Waals surface area contributed by atoms with E-state index in [1.807, 2.05) is 31.2 Å². The topological polar surface area (TPSA) is 22.0 Å². The van der Waals surface area contributed by atoms with E-state index in [4.69, 9.17) is 0 Å². The standard InChI is InChI=1S/C47H39NO/c1-3-14-34(4-2)46(49)38-20-13-19-37(29-38)35-23-26-40(27-24-35)48-44-22-12-11-21-41(44)42-30-39(25-28-45(42)48)47(31-33-15-7-5-8-16-33)32-43(47)36-17-9-6-10-18-36/h3,5-30,43H,1,4,31-32H2,2H3/b34-14+. The summed E-state index contributed by atoms with van der Waals surface area (Å²) < 4.78 is 2.39. The summed E-state index contributed by atoms with van der Waals surface area (Å²) in [5.41, 5.74) is 11.4. The molecule has 1 aromatic heterocycles. The molecule has 0 amide bonds. The van der Waals surface area contributed by atoms with Crippen LogP contribution in [-0.2, 0) is 11.8 Å². The van der Waals surface area contributed by atoms with Gasteiger partial charge in [-0.3, -0.25) is 4.79 Å². The zero-order valence-corrected chi connectivity index (χ0v) is 27.8. The summed E-state index contributed by atoms with van der Waals surface area (Å²) in [4.78, 5) is 13.2. The second-order valence-electron chi connectivity index (χ2n) is 13.3. The van der Waals surface area contributed by atoms with Crippen molar-refractivity contribution >= 4 is 27.6 Å². The minimum atomic E-state index is 0.0531. The van der Waals surface area contributed by atoms with E-state index in [1.165, 1.54) is 38.5 Å². The van der Waals surface area contributed by atoms with Crippen molar-refractivity contribution < 1.29 is 4.79 Å². The fourth-order valence-corrected chi connectivity index (χ4v) is 7.89. The van der Waals surface area contributed by atoms with Crippen molar-refractivity contribution in [3.05, 3.63) is 198 Å². The predicted molar refractivity (Wildman–Crippen MR) is 205 cm³/mol. The van der Waals surface area contributed by atoms with E-state index < -0.39 is 0 Å². The SMILES string of the molecule is C=C/C=C(\CC)C(=O)c1cccc(-c2ccc(-n3c4ccccc4c4cc(C5(Cc6ccccc6)CC5c5ccccc5)ccc43)cc2)c1. The van der Waals surface area contributed by atoms with Crippen LogP contribution in [0.3, 0.4) is 0 Å². The normalized spacial score (nSPS) is 17.3. The molecule has 2 nitrogen and oxygen atoms in total. The first-order valence-corrected chi connectivity index (χ1v) is 17.3. The van der Waals surface area contributed by atoms with Crippen molar-refractivity contribution in [1.29, 1.82) is 0 Å². The van der Waals surface area contributed by atoms with Crippen molar-refractivity contribution in [2.24, 2.45) is 0 Å². The summed E-state index contributed by atoms with van der Waals surface area (Å²) in [6.07, 6.45) is 6.34. The number of allylic oxidation sites excluding steroid dienone is 3.